The summed E-state index contributed by atoms with van der Waals surface area (Å²) >= 11 is 11.9. The molecule has 0 bridgehead atoms. The number of esters is 1. The van der Waals surface area contributed by atoms with Gasteiger partial charge in [0.1, 0.15) is 12.7 Å². The SMILES string of the molecule is CN1O[C@@H](COC(=O)c2ccc(Cl)cc2Cl)C[C@H]1c1ccccc1. The molecule has 1 fully saturated rings. The van der Waals surface area contributed by atoms with Crippen LogP contribution in [-0.4, -0.2) is 30.8 Å². The topological polar surface area (TPSA) is 38.8 Å². The molecule has 1 heterocycles. The second kappa shape index (κ2) is 7.53. The molecule has 0 saturated carbocycles. The van der Waals surface area contributed by atoms with E-state index in [-0.39, 0.29) is 23.8 Å². The van der Waals surface area contributed by atoms with Crippen molar-refractivity contribution in [2.75, 3.05) is 13.7 Å². The molecule has 1 saturated heterocycles. The zero-order chi connectivity index (χ0) is 17.1. The molecule has 0 unspecified atom stereocenters. The van der Waals surface area contributed by atoms with Gasteiger partial charge in [-0.05, 0) is 23.8 Å². The average molecular weight is 366 g/mol. The Morgan fingerprint density at radius 2 is 2.00 bits per heavy atom. The van der Waals surface area contributed by atoms with Gasteiger partial charge in [0.05, 0.1) is 16.6 Å². The van der Waals surface area contributed by atoms with E-state index in [4.69, 9.17) is 32.8 Å². The van der Waals surface area contributed by atoms with Gasteiger partial charge >= 0.3 is 5.97 Å². The van der Waals surface area contributed by atoms with Crippen LogP contribution in [-0.2, 0) is 9.57 Å². The minimum absolute atomic E-state index is 0.147. The first-order valence-corrected chi connectivity index (χ1v) is 8.37. The van der Waals surface area contributed by atoms with Gasteiger partial charge in [-0.1, -0.05) is 53.5 Å². The smallest absolute Gasteiger partial charge is 0.339 e. The Kier molecular flexibility index (Phi) is 5.41. The van der Waals surface area contributed by atoms with Gasteiger partial charge in [-0.3, -0.25) is 4.84 Å². The predicted octanol–water partition coefficient (Wildman–Crippen LogP) is 4.53. The second-order valence-corrected chi connectivity index (χ2v) is 6.50. The summed E-state index contributed by atoms with van der Waals surface area (Å²) in [6, 6.07) is 14.9. The molecule has 6 heteroatoms. The lowest BCUT2D eigenvalue weighted by atomic mass is 10.0. The van der Waals surface area contributed by atoms with Crippen LogP contribution in [0.4, 0.5) is 0 Å². The van der Waals surface area contributed by atoms with Crippen molar-refractivity contribution >= 4 is 29.2 Å². The lowest BCUT2D eigenvalue weighted by molar-refractivity contribution is -0.153. The third kappa shape index (κ3) is 3.90. The van der Waals surface area contributed by atoms with Gasteiger partial charge in [-0.25, -0.2) is 4.79 Å². The van der Waals surface area contributed by atoms with Crippen LogP contribution in [0.1, 0.15) is 28.4 Å². The van der Waals surface area contributed by atoms with E-state index < -0.39 is 5.97 Å². The van der Waals surface area contributed by atoms with Crippen LogP contribution < -0.4 is 0 Å². The summed E-state index contributed by atoms with van der Waals surface area (Å²) in [6.07, 6.45) is 0.567. The molecule has 0 spiro atoms. The fourth-order valence-electron chi connectivity index (χ4n) is 2.77. The highest BCUT2D eigenvalue weighted by Crippen LogP contribution is 2.32. The minimum atomic E-state index is -0.480. The summed E-state index contributed by atoms with van der Waals surface area (Å²) < 4.78 is 5.35. The van der Waals surface area contributed by atoms with Gasteiger partial charge in [0.2, 0.25) is 0 Å². The van der Waals surface area contributed by atoms with Gasteiger partial charge in [0.25, 0.3) is 0 Å². The molecule has 2 aromatic rings. The lowest BCUT2D eigenvalue weighted by Gasteiger charge is -2.17. The van der Waals surface area contributed by atoms with E-state index in [1.165, 1.54) is 11.6 Å². The van der Waals surface area contributed by atoms with Crippen molar-refractivity contribution < 1.29 is 14.4 Å². The van der Waals surface area contributed by atoms with Crippen molar-refractivity contribution in [1.29, 1.82) is 0 Å². The molecule has 0 N–H and O–H groups in total. The predicted molar refractivity (Wildman–Crippen MR) is 93.2 cm³/mol. The van der Waals surface area contributed by atoms with Crippen LogP contribution in [0.3, 0.4) is 0 Å². The molecular weight excluding hydrogens is 349 g/mol. The largest absolute Gasteiger partial charge is 0.459 e. The highest BCUT2D eigenvalue weighted by Gasteiger charge is 2.32. The van der Waals surface area contributed by atoms with Gasteiger partial charge in [0, 0.05) is 18.5 Å². The Morgan fingerprint density at radius 3 is 2.71 bits per heavy atom. The molecule has 0 radical (unpaired) electrons. The van der Waals surface area contributed by atoms with Gasteiger partial charge in [-0.15, -0.1) is 0 Å². The number of hydrogen-bond acceptors (Lipinski definition) is 4. The number of benzene rings is 2. The second-order valence-electron chi connectivity index (χ2n) is 5.66. The van der Waals surface area contributed by atoms with Crippen molar-refractivity contribution in [3.8, 4) is 0 Å². The van der Waals surface area contributed by atoms with Crippen molar-refractivity contribution in [2.45, 2.75) is 18.6 Å². The number of carbonyl (C=O) groups excluding carboxylic acids is 1. The van der Waals surface area contributed by atoms with E-state index in [1.54, 1.807) is 12.1 Å². The molecule has 1 aliphatic heterocycles. The molecule has 24 heavy (non-hydrogen) atoms. The van der Waals surface area contributed by atoms with Crippen LogP contribution in [0.15, 0.2) is 48.5 Å². The summed E-state index contributed by atoms with van der Waals surface area (Å²) in [5.41, 5.74) is 1.47. The first-order valence-electron chi connectivity index (χ1n) is 7.61. The van der Waals surface area contributed by atoms with Crippen molar-refractivity contribution in [3.05, 3.63) is 69.7 Å². The van der Waals surface area contributed by atoms with E-state index in [0.29, 0.717) is 10.6 Å². The lowest BCUT2D eigenvalue weighted by Crippen LogP contribution is -2.21. The van der Waals surface area contributed by atoms with Crippen LogP contribution in [0.2, 0.25) is 10.0 Å². The van der Waals surface area contributed by atoms with Crippen molar-refractivity contribution in [1.82, 2.24) is 5.06 Å². The molecule has 0 amide bonds. The number of carbonyl (C=O) groups is 1. The molecule has 2 atom stereocenters. The number of hydroxylamine groups is 2. The van der Waals surface area contributed by atoms with Crippen LogP contribution >= 0.6 is 23.2 Å². The van der Waals surface area contributed by atoms with Crippen LogP contribution in [0.5, 0.6) is 0 Å². The van der Waals surface area contributed by atoms with Crippen LogP contribution in [0.25, 0.3) is 0 Å². The number of ether oxygens (including phenoxy) is 1. The van der Waals surface area contributed by atoms with E-state index in [0.717, 1.165) is 6.42 Å². The Morgan fingerprint density at radius 1 is 1.25 bits per heavy atom. The number of rotatable bonds is 4. The first kappa shape index (κ1) is 17.2. The molecule has 0 aliphatic carbocycles. The van der Waals surface area contributed by atoms with Crippen molar-refractivity contribution in [3.63, 3.8) is 0 Å². The highest BCUT2D eigenvalue weighted by atomic mass is 35.5. The maximum absolute atomic E-state index is 12.1. The van der Waals surface area contributed by atoms with E-state index in [1.807, 2.05) is 30.3 Å². The average Bonchev–Trinajstić information content (AvgIpc) is 2.94. The first-order chi connectivity index (χ1) is 11.5. The third-order valence-corrected chi connectivity index (χ3v) is 4.52. The van der Waals surface area contributed by atoms with E-state index >= 15 is 0 Å². The van der Waals surface area contributed by atoms with Gasteiger partial charge < -0.3 is 4.74 Å². The fraction of sp³-hybridized carbons (Fsp3) is 0.278. The fourth-order valence-corrected chi connectivity index (χ4v) is 3.26. The molecule has 2 aromatic carbocycles. The normalized spacial score (nSPS) is 21.0. The number of hydrogen-bond donors (Lipinski definition) is 0. The summed E-state index contributed by atoms with van der Waals surface area (Å²) in [6.45, 7) is 0.172. The quantitative estimate of drug-likeness (QED) is 0.746. The third-order valence-electron chi connectivity index (χ3n) is 3.98. The Balaban J connectivity index is 1.58. The molecule has 126 valence electrons. The summed E-state index contributed by atoms with van der Waals surface area (Å²) in [5, 5.41) is 2.56. The minimum Gasteiger partial charge on any atom is -0.459 e. The number of halogens is 2. The maximum Gasteiger partial charge on any atom is 0.339 e. The van der Waals surface area contributed by atoms with Crippen LogP contribution in [0, 0.1) is 0 Å². The Labute approximate surface area is 150 Å². The molecule has 3 rings (SSSR count). The van der Waals surface area contributed by atoms with Crippen molar-refractivity contribution in [2.24, 2.45) is 0 Å². The zero-order valence-electron chi connectivity index (χ0n) is 13.1. The summed E-state index contributed by atoms with van der Waals surface area (Å²) in [5.74, 6) is -0.480. The molecular formula is C18H17Cl2NO3. The molecule has 1 aliphatic rings. The Bertz CT molecular complexity index is 723. The molecule has 0 aromatic heterocycles. The van der Waals surface area contributed by atoms with Gasteiger partial charge in [-0.2, -0.15) is 5.06 Å². The maximum atomic E-state index is 12.1. The Hall–Kier alpha value is -1.59. The van der Waals surface area contributed by atoms with E-state index in [2.05, 4.69) is 12.1 Å². The monoisotopic (exact) mass is 365 g/mol. The summed E-state index contributed by atoms with van der Waals surface area (Å²) in [4.78, 5) is 17.9. The zero-order valence-corrected chi connectivity index (χ0v) is 14.6. The highest BCUT2D eigenvalue weighted by molar-refractivity contribution is 6.36. The van der Waals surface area contributed by atoms with E-state index in [9.17, 15) is 4.79 Å². The summed E-state index contributed by atoms with van der Waals surface area (Å²) in [7, 11) is 1.88. The van der Waals surface area contributed by atoms with Gasteiger partial charge in [0.15, 0.2) is 0 Å². The molecule has 4 nitrogen and oxygen atoms in total. The number of nitrogens with zero attached hydrogens (tertiary/aromatic N) is 1. The standard InChI is InChI=1S/C18H17Cl2NO3/c1-21-17(12-5-3-2-4-6-12)10-14(24-21)11-23-18(22)15-8-7-13(19)9-16(15)20/h2-9,14,17H,10-11H2,1H3/t14-,17+/m1/s1.